The first-order valence-corrected chi connectivity index (χ1v) is 9.61. The van der Waals surface area contributed by atoms with E-state index in [1.54, 1.807) is 18.3 Å². The van der Waals surface area contributed by atoms with Crippen molar-refractivity contribution in [2.75, 3.05) is 22.1 Å². The van der Waals surface area contributed by atoms with Crippen LogP contribution in [0.2, 0.25) is 0 Å². The molecule has 2 N–H and O–H groups in total. The number of hydrogen-bond donors (Lipinski definition) is 2. The summed E-state index contributed by atoms with van der Waals surface area (Å²) in [7, 11) is 0. The quantitative estimate of drug-likeness (QED) is 0.698. The summed E-state index contributed by atoms with van der Waals surface area (Å²) < 4.78 is 0. The number of carbonyl (C=O) groups is 2. The molecule has 0 radical (unpaired) electrons. The molecule has 2 heterocycles. The molecule has 0 saturated heterocycles. The van der Waals surface area contributed by atoms with Crippen LogP contribution in [0, 0.1) is 0 Å². The molecule has 0 saturated carbocycles. The van der Waals surface area contributed by atoms with E-state index in [0.717, 1.165) is 24.2 Å². The summed E-state index contributed by atoms with van der Waals surface area (Å²) in [6.07, 6.45) is 3.58. The largest absolute Gasteiger partial charge is 0.340 e. The highest BCUT2D eigenvalue weighted by Crippen LogP contribution is 2.28. The Kier molecular flexibility index (Phi) is 5.24. The third-order valence-electron chi connectivity index (χ3n) is 4.82. The molecule has 6 nitrogen and oxygen atoms in total. The van der Waals surface area contributed by atoms with E-state index in [2.05, 4.69) is 21.7 Å². The molecule has 0 unspecified atom stereocenters. The van der Waals surface area contributed by atoms with Crippen molar-refractivity contribution < 1.29 is 9.59 Å². The number of carbonyl (C=O) groups excluding carboxylic acids is 2. The minimum absolute atomic E-state index is 0.0328. The van der Waals surface area contributed by atoms with Gasteiger partial charge in [-0.25, -0.2) is 4.98 Å². The lowest BCUT2D eigenvalue weighted by Crippen LogP contribution is -2.35. The van der Waals surface area contributed by atoms with Gasteiger partial charge >= 0.3 is 0 Å². The zero-order valence-electron chi connectivity index (χ0n) is 16.2. The third-order valence-corrected chi connectivity index (χ3v) is 4.82. The Morgan fingerprint density at radius 2 is 1.83 bits per heavy atom. The maximum absolute atomic E-state index is 13.2. The Labute approximate surface area is 169 Å². The molecule has 29 heavy (non-hydrogen) atoms. The van der Waals surface area contributed by atoms with Crippen molar-refractivity contribution in [1.29, 1.82) is 0 Å². The number of nitrogens with one attached hydrogen (secondary N) is 2. The van der Waals surface area contributed by atoms with Gasteiger partial charge in [0.15, 0.2) is 0 Å². The highest BCUT2D eigenvalue weighted by molar-refractivity contribution is 6.07. The first kappa shape index (κ1) is 18.7. The molecular formula is C23H22N4O2. The summed E-state index contributed by atoms with van der Waals surface area (Å²) in [6, 6.07) is 18.9. The molecule has 0 atom stereocenters. The summed E-state index contributed by atoms with van der Waals surface area (Å²) in [4.78, 5) is 30.6. The average molecular weight is 386 g/mol. The number of amides is 2. The summed E-state index contributed by atoms with van der Waals surface area (Å²) >= 11 is 0. The number of benzene rings is 2. The van der Waals surface area contributed by atoms with E-state index in [1.807, 2.05) is 47.4 Å². The van der Waals surface area contributed by atoms with Crippen molar-refractivity contribution in [3.05, 3.63) is 78.0 Å². The number of para-hydroxylation sites is 1. The van der Waals surface area contributed by atoms with Crippen LogP contribution in [0.3, 0.4) is 0 Å². The van der Waals surface area contributed by atoms with Crippen LogP contribution in [0.15, 0.2) is 66.9 Å². The van der Waals surface area contributed by atoms with Gasteiger partial charge in [-0.15, -0.1) is 0 Å². The van der Waals surface area contributed by atoms with E-state index in [1.165, 1.54) is 12.5 Å². The summed E-state index contributed by atoms with van der Waals surface area (Å²) in [5, 5.41) is 5.95. The fraction of sp³-hybridized carbons (Fsp3) is 0.174. The maximum Gasteiger partial charge on any atom is 0.258 e. The Morgan fingerprint density at radius 3 is 2.69 bits per heavy atom. The average Bonchev–Trinajstić information content (AvgIpc) is 2.73. The monoisotopic (exact) mass is 386 g/mol. The van der Waals surface area contributed by atoms with Crippen LogP contribution in [-0.4, -0.2) is 23.3 Å². The van der Waals surface area contributed by atoms with Gasteiger partial charge in [-0.1, -0.05) is 24.3 Å². The fourth-order valence-corrected chi connectivity index (χ4v) is 3.56. The number of hydrogen-bond acceptors (Lipinski definition) is 4. The number of nitrogens with zero attached hydrogens (tertiary/aromatic N) is 2. The topological polar surface area (TPSA) is 74.3 Å². The molecule has 1 aliphatic heterocycles. The molecule has 0 spiro atoms. The molecule has 4 rings (SSSR count). The third kappa shape index (κ3) is 4.27. The van der Waals surface area contributed by atoms with Crippen molar-refractivity contribution in [2.45, 2.75) is 19.8 Å². The van der Waals surface area contributed by atoms with Gasteiger partial charge in [0.1, 0.15) is 5.82 Å². The molecule has 2 amide bonds. The van der Waals surface area contributed by atoms with Crippen molar-refractivity contribution >= 4 is 34.7 Å². The Balaban J connectivity index is 1.55. The molecule has 146 valence electrons. The van der Waals surface area contributed by atoms with Crippen molar-refractivity contribution in [2.24, 2.45) is 0 Å². The SMILES string of the molecule is CC(=O)Nc1cccc(Nc2cc(C(=O)N3CCCc4ccccc43)ccn2)c1. The smallest absolute Gasteiger partial charge is 0.258 e. The molecule has 0 aliphatic carbocycles. The van der Waals surface area contributed by atoms with Crippen LogP contribution in [0.25, 0.3) is 0 Å². The highest BCUT2D eigenvalue weighted by Gasteiger charge is 2.23. The minimum atomic E-state index is -0.130. The second-order valence-electron chi connectivity index (χ2n) is 7.01. The number of anilines is 4. The zero-order chi connectivity index (χ0) is 20.2. The number of aryl methyl sites for hydroxylation is 1. The molecule has 1 aliphatic rings. The van der Waals surface area contributed by atoms with E-state index in [0.29, 0.717) is 23.6 Å². The summed E-state index contributed by atoms with van der Waals surface area (Å²) in [5.74, 6) is 0.408. The maximum atomic E-state index is 13.2. The molecule has 0 bridgehead atoms. The Bertz CT molecular complexity index is 1060. The van der Waals surface area contributed by atoms with E-state index in [9.17, 15) is 9.59 Å². The van der Waals surface area contributed by atoms with Gasteiger partial charge in [-0.05, 0) is 54.8 Å². The standard InChI is InChI=1S/C23H22N4O2/c1-16(28)25-19-8-4-9-20(15-19)26-22-14-18(11-12-24-22)23(29)27-13-5-7-17-6-2-3-10-21(17)27/h2-4,6,8-12,14-15H,5,7,13H2,1H3,(H,24,26)(H,25,28). The van der Waals surface area contributed by atoms with Gasteiger partial charge in [0, 0.05) is 42.3 Å². The first-order chi connectivity index (χ1) is 14.1. The van der Waals surface area contributed by atoms with Gasteiger partial charge in [-0.2, -0.15) is 0 Å². The number of aromatic nitrogens is 1. The Hall–Kier alpha value is -3.67. The molecular weight excluding hydrogens is 364 g/mol. The van der Waals surface area contributed by atoms with Crippen molar-refractivity contribution in [1.82, 2.24) is 4.98 Å². The van der Waals surface area contributed by atoms with Crippen molar-refractivity contribution in [3.63, 3.8) is 0 Å². The van der Waals surface area contributed by atoms with Crippen LogP contribution in [0.1, 0.15) is 29.3 Å². The lowest BCUT2D eigenvalue weighted by molar-refractivity contribution is -0.114. The van der Waals surface area contributed by atoms with Crippen LogP contribution in [-0.2, 0) is 11.2 Å². The minimum Gasteiger partial charge on any atom is -0.340 e. The zero-order valence-corrected chi connectivity index (χ0v) is 16.2. The number of fused-ring (bicyclic) bond motifs is 1. The van der Waals surface area contributed by atoms with E-state index in [4.69, 9.17) is 0 Å². The lowest BCUT2D eigenvalue weighted by Gasteiger charge is -2.29. The lowest BCUT2D eigenvalue weighted by atomic mass is 10.0. The predicted molar refractivity (Wildman–Crippen MR) is 115 cm³/mol. The number of pyridine rings is 1. The number of rotatable bonds is 4. The van der Waals surface area contributed by atoms with Crippen molar-refractivity contribution in [3.8, 4) is 0 Å². The second-order valence-corrected chi connectivity index (χ2v) is 7.01. The van der Waals surface area contributed by atoms with E-state index < -0.39 is 0 Å². The van der Waals surface area contributed by atoms with Crippen LogP contribution in [0.4, 0.5) is 22.9 Å². The van der Waals surface area contributed by atoms with Crippen LogP contribution >= 0.6 is 0 Å². The second kappa shape index (κ2) is 8.14. The fourth-order valence-electron chi connectivity index (χ4n) is 3.56. The van der Waals surface area contributed by atoms with Gasteiger partial charge in [0.25, 0.3) is 5.91 Å². The predicted octanol–water partition coefficient (Wildman–Crippen LogP) is 4.38. The van der Waals surface area contributed by atoms with Gasteiger partial charge < -0.3 is 15.5 Å². The first-order valence-electron chi connectivity index (χ1n) is 9.61. The normalized spacial score (nSPS) is 12.8. The molecule has 2 aromatic carbocycles. The molecule has 3 aromatic rings. The summed E-state index contributed by atoms with van der Waals surface area (Å²) in [5.41, 5.74) is 4.24. The molecule has 0 fully saturated rings. The van der Waals surface area contributed by atoms with Gasteiger partial charge in [0.2, 0.25) is 5.91 Å². The van der Waals surface area contributed by atoms with Crippen LogP contribution < -0.4 is 15.5 Å². The Morgan fingerprint density at radius 1 is 1.00 bits per heavy atom. The highest BCUT2D eigenvalue weighted by atomic mass is 16.2. The van der Waals surface area contributed by atoms with Gasteiger partial charge in [0.05, 0.1) is 0 Å². The van der Waals surface area contributed by atoms with E-state index in [-0.39, 0.29) is 11.8 Å². The summed E-state index contributed by atoms with van der Waals surface area (Å²) in [6.45, 7) is 2.18. The molecule has 6 heteroatoms. The molecule has 1 aromatic heterocycles. The van der Waals surface area contributed by atoms with E-state index >= 15 is 0 Å². The van der Waals surface area contributed by atoms with Gasteiger partial charge in [-0.3, -0.25) is 9.59 Å². The van der Waals surface area contributed by atoms with Crippen LogP contribution in [0.5, 0.6) is 0 Å².